The number of anilines is 1. The van der Waals surface area contributed by atoms with Crippen molar-refractivity contribution in [2.24, 2.45) is 5.92 Å². The van der Waals surface area contributed by atoms with E-state index in [9.17, 15) is 18.0 Å². The number of methoxy groups -OCH3 is 1. The van der Waals surface area contributed by atoms with Crippen molar-refractivity contribution < 1.29 is 17.9 Å². The first-order valence-corrected chi connectivity index (χ1v) is 12.4. The Morgan fingerprint density at radius 2 is 1.91 bits per heavy atom. The van der Waals surface area contributed by atoms with Gasteiger partial charge in [-0.15, -0.1) is 0 Å². The van der Waals surface area contributed by atoms with Gasteiger partial charge < -0.3 is 15.0 Å². The highest BCUT2D eigenvalue weighted by Gasteiger charge is 2.25. The monoisotopic (exact) mass is 469 g/mol. The molecule has 0 saturated heterocycles. The van der Waals surface area contributed by atoms with Crippen LogP contribution >= 0.6 is 0 Å². The number of fused-ring (bicyclic) bond motifs is 1. The summed E-state index contributed by atoms with van der Waals surface area (Å²) in [6, 6.07) is 10.8. The van der Waals surface area contributed by atoms with E-state index in [0.29, 0.717) is 22.9 Å². The molecule has 0 bridgehead atoms. The van der Waals surface area contributed by atoms with Crippen LogP contribution < -0.4 is 20.2 Å². The van der Waals surface area contributed by atoms with Gasteiger partial charge in [0.05, 0.1) is 17.7 Å². The van der Waals surface area contributed by atoms with E-state index < -0.39 is 21.4 Å². The van der Waals surface area contributed by atoms with Crippen molar-refractivity contribution in [3.05, 3.63) is 64.4 Å². The summed E-state index contributed by atoms with van der Waals surface area (Å²) in [7, 11) is -2.48. The van der Waals surface area contributed by atoms with Crippen molar-refractivity contribution in [2.75, 3.05) is 11.8 Å². The van der Waals surface area contributed by atoms with E-state index in [1.165, 1.54) is 31.5 Å². The average Bonchev–Trinajstić information content (AvgIpc) is 2.80. The summed E-state index contributed by atoms with van der Waals surface area (Å²) in [4.78, 5) is 28.8. The fourth-order valence-corrected chi connectivity index (χ4v) is 5.29. The lowest BCUT2D eigenvalue weighted by atomic mass is 9.86. The van der Waals surface area contributed by atoms with Gasteiger partial charge in [-0.1, -0.05) is 25.8 Å². The van der Waals surface area contributed by atoms with Crippen molar-refractivity contribution in [1.29, 1.82) is 0 Å². The summed E-state index contributed by atoms with van der Waals surface area (Å²) in [5.41, 5.74) is 0.236. The molecular weight excluding hydrogens is 442 g/mol. The van der Waals surface area contributed by atoms with Crippen LogP contribution in [-0.4, -0.2) is 32.5 Å². The number of amides is 1. The molecule has 174 valence electrons. The van der Waals surface area contributed by atoms with Gasteiger partial charge in [0.15, 0.2) is 0 Å². The van der Waals surface area contributed by atoms with Crippen LogP contribution in [0.2, 0.25) is 0 Å². The molecule has 1 saturated carbocycles. The van der Waals surface area contributed by atoms with Gasteiger partial charge in [-0.05, 0) is 49.1 Å². The number of ether oxygens (including phenoxy) is 1. The molecule has 0 aliphatic heterocycles. The smallest absolute Gasteiger partial charge is 0.261 e. The van der Waals surface area contributed by atoms with E-state index in [2.05, 4.69) is 21.9 Å². The van der Waals surface area contributed by atoms with E-state index >= 15 is 0 Å². The molecule has 1 aliphatic carbocycles. The Morgan fingerprint density at radius 3 is 2.67 bits per heavy atom. The average molecular weight is 470 g/mol. The lowest BCUT2D eigenvalue weighted by molar-refractivity contribution is 0.0909. The molecular formula is C24H27N3O5S. The molecule has 8 nitrogen and oxygen atoms in total. The quantitative estimate of drug-likeness (QED) is 0.509. The lowest BCUT2D eigenvalue weighted by Crippen LogP contribution is -2.42. The number of hydrogen-bond acceptors (Lipinski definition) is 5. The van der Waals surface area contributed by atoms with Crippen molar-refractivity contribution >= 4 is 32.5 Å². The first-order valence-electron chi connectivity index (χ1n) is 10.9. The number of H-pyrrole nitrogens is 1. The van der Waals surface area contributed by atoms with Crippen LogP contribution in [0, 0.1) is 5.92 Å². The molecule has 1 aliphatic rings. The molecule has 2 atom stereocenters. The molecule has 1 aromatic heterocycles. The van der Waals surface area contributed by atoms with Gasteiger partial charge in [-0.3, -0.25) is 14.3 Å². The summed E-state index contributed by atoms with van der Waals surface area (Å²) in [6.45, 7) is 2.10. The molecule has 1 amide bonds. The number of rotatable bonds is 6. The molecule has 1 fully saturated rings. The maximum absolute atomic E-state index is 13.1. The largest absolute Gasteiger partial charge is 0.497 e. The number of hydrogen-bond donors (Lipinski definition) is 3. The highest BCUT2D eigenvalue weighted by atomic mass is 32.2. The number of carbonyl (C=O) groups is 1. The summed E-state index contributed by atoms with van der Waals surface area (Å²) in [6.07, 6.45) is 5.50. The van der Waals surface area contributed by atoms with Gasteiger partial charge in [-0.25, -0.2) is 8.42 Å². The van der Waals surface area contributed by atoms with Gasteiger partial charge in [0.25, 0.3) is 15.9 Å². The molecule has 9 heteroatoms. The van der Waals surface area contributed by atoms with Crippen LogP contribution in [0.15, 0.2) is 58.4 Å². The van der Waals surface area contributed by atoms with E-state index in [1.54, 1.807) is 24.3 Å². The zero-order valence-electron chi connectivity index (χ0n) is 18.6. The number of pyridine rings is 1. The Bertz CT molecular complexity index is 1350. The highest BCUT2D eigenvalue weighted by molar-refractivity contribution is 7.92. The van der Waals surface area contributed by atoms with Crippen LogP contribution in [0.1, 0.15) is 43.0 Å². The van der Waals surface area contributed by atoms with Crippen LogP contribution in [0.3, 0.4) is 0 Å². The van der Waals surface area contributed by atoms with Crippen molar-refractivity contribution in [2.45, 2.75) is 43.5 Å². The molecule has 0 unspecified atom stereocenters. The Morgan fingerprint density at radius 1 is 1.12 bits per heavy atom. The standard InChI is InChI=1S/C24H27N3O5S/c1-15-6-3-4-9-21(15)26-24(29)20-14-25-22-11-10-18(13-19(22)23(20)28)33(30,31)27-16-7-5-8-17(12-16)32-2/h5,7-8,10-15,21,27H,3-4,6,9H2,1-2H3,(H,25,28)(H,26,29)/t15-,21-/m0/s1. The maximum atomic E-state index is 13.1. The Kier molecular flexibility index (Phi) is 6.42. The van der Waals surface area contributed by atoms with Crippen LogP contribution in [0.4, 0.5) is 5.69 Å². The minimum Gasteiger partial charge on any atom is -0.497 e. The topological polar surface area (TPSA) is 117 Å². The molecule has 0 radical (unpaired) electrons. The summed E-state index contributed by atoms with van der Waals surface area (Å²) < 4.78 is 33.5. The SMILES string of the molecule is COc1cccc(NS(=O)(=O)c2ccc3[nH]cc(C(=O)N[C@H]4CCCC[C@@H]4C)c(=O)c3c2)c1. The third kappa shape index (κ3) is 4.88. The molecule has 0 spiro atoms. The normalized spacial score (nSPS) is 18.6. The van der Waals surface area contributed by atoms with E-state index in [-0.39, 0.29) is 21.9 Å². The Hall–Kier alpha value is -3.33. The predicted molar refractivity (Wildman–Crippen MR) is 127 cm³/mol. The second-order valence-corrected chi connectivity index (χ2v) is 10.1. The van der Waals surface area contributed by atoms with Crippen LogP contribution in [-0.2, 0) is 10.0 Å². The number of aromatic amines is 1. The zero-order chi connectivity index (χ0) is 23.6. The molecule has 4 rings (SSSR count). The highest BCUT2D eigenvalue weighted by Crippen LogP contribution is 2.24. The minimum absolute atomic E-state index is 0.0279. The number of carbonyl (C=O) groups excluding carboxylic acids is 1. The first kappa shape index (κ1) is 22.8. The second-order valence-electron chi connectivity index (χ2n) is 8.42. The summed E-state index contributed by atoms with van der Waals surface area (Å²) >= 11 is 0. The fraction of sp³-hybridized carbons (Fsp3) is 0.333. The van der Waals surface area contributed by atoms with Crippen LogP contribution in [0.25, 0.3) is 10.9 Å². The van der Waals surface area contributed by atoms with Gasteiger partial charge in [-0.2, -0.15) is 0 Å². The van der Waals surface area contributed by atoms with Crippen molar-refractivity contribution in [1.82, 2.24) is 10.3 Å². The number of nitrogens with one attached hydrogen (secondary N) is 3. The lowest BCUT2D eigenvalue weighted by Gasteiger charge is -2.29. The van der Waals surface area contributed by atoms with Gasteiger partial charge in [0, 0.05) is 29.2 Å². The van der Waals surface area contributed by atoms with Crippen LogP contribution in [0.5, 0.6) is 5.75 Å². The van der Waals surface area contributed by atoms with Gasteiger partial charge in [0.2, 0.25) is 5.43 Å². The van der Waals surface area contributed by atoms with E-state index in [1.807, 2.05) is 0 Å². The summed E-state index contributed by atoms with van der Waals surface area (Å²) in [5.74, 6) is 0.412. The van der Waals surface area contributed by atoms with Gasteiger partial charge in [0.1, 0.15) is 11.3 Å². The Balaban J connectivity index is 1.64. The number of benzene rings is 2. The van der Waals surface area contributed by atoms with E-state index in [4.69, 9.17) is 4.74 Å². The molecule has 2 aromatic carbocycles. The minimum atomic E-state index is -3.97. The predicted octanol–water partition coefficient (Wildman–Crippen LogP) is 3.65. The molecule has 33 heavy (non-hydrogen) atoms. The van der Waals surface area contributed by atoms with Crippen molar-refractivity contribution in [3.8, 4) is 5.75 Å². The molecule has 3 aromatic rings. The third-order valence-electron chi connectivity index (χ3n) is 6.16. The fourth-order valence-electron chi connectivity index (χ4n) is 4.21. The third-order valence-corrected chi connectivity index (χ3v) is 7.54. The second kappa shape index (κ2) is 9.27. The Labute approximate surface area is 192 Å². The molecule has 3 N–H and O–H groups in total. The van der Waals surface area contributed by atoms with Crippen molar-refractivity contribution in [3.63, 3.8) is 0 Å². The summed E-state index contributed by atoms with van der Waals surface area (Å²) in [5, 5.41) is 3.11. The number of sulfonamides is 1. The first-order chi connectivity index (χ1) is 15.8. The number of aromatic nitrogens is 1. The maximum Gasteiger partial charge on any atom is 0.261 e. The van der Waals surface area contributed by atoms with E-state index in [0.717, 1.165) is 25.7 Å². The zero-order valence-corrected chi connectivity index (χ0v) is 19.4. The molecule has 1 heterocycles. The van der Waals surface area contributed by atoms with Gasteiger partial charge >= 0.3 is 0 Å².